The van der Waals surface area contributed by atoms with E-state index in [-0.39, 0.29) is 0 Å². The first-order valence-electron chi connectivity index (χ1n) is 15.3. The molecule has 5 radical (unpaired) electrons. The Bertz CT molecular complexity index is 1020. The fraction of sp³-hybridized carbons (Fsp3) is 0.256. The second-order valence-electron chi connectivity index (χ2n) is 11.8. The second-order valence-corrected chi connectivity index (χ2v) is 23.4. The van der Waals surface area contributed by atoms with Gasteiger partial charge in [-0.05, 0) is 104 Å². The van der Waals surface area contributed by atoms with Gasteiger partial charge in [-0.1, -0.05) is 97.1 Å². The van der Waals surface area contributed by atoms with Crippen LogP contribution in [0.1, 0.15) is 11.1 Å². The van der Waals surface area contributed by atoms with E-state index in [2.05, 4.69) is 150 Å². The number of hydrogen-bond acceptors (Lipinski definition) is 0. The summed E-state index contributed by atoms with van der Waals surface area (Å²) >= 11 is 0. The summed E-state index contributed by atoms with van der Waals surface area (Å²) in [5.41, 5.74) is 4.26. The molecule has 0 heterocycles. The van der Waals surface area contributed by atoms with E-state index in [1.165, 1.54) is 39.5 Å². The lowest BCUT2D eigenvalue weighted by atomic mass is 10.2. The first-order valence-corrected chi connectivity index (χ1v) is 22.3. The Morgan fingerprint density at radius 2 is 0.786 bits per heavy atom. The molecule has 3 rings (SSSR count). The minimum absolute atomic E-state index is 0.594. The summed E-state index contributed by atoms with van der Waals surface area (Å²) in [6.07, 6.45) is 23.8. The van der Waals surface area contributed by atoms with Crippen molar-refractivity contribution in [3.63, 3.8) is 0 Å². The van der Waals surface area contributed by atoms with Gasteiger partial charge >= 0.3 is 0 Å². The van der Waals surface area contributed by atoms with E-state index in [1.54, 1.807) is 0 Å². The van der Waals surface area contributed by atoms with E-state index in [0.29, 0.717) is 0 Å². The van der Waals surface area contributed by atoms with Crippen molar-refractivity contribution >= 4 is 34.7 Å². The van der Waals surface area contributed by atoms with E-state index in [1.807, 2.05) is 0 Å². The third-order valence-corrected chi connectivity index (χ3v) is 20.6. The average molecular weight is 606 g/mol. The van der Waals surface area contributed by atoms with Gasteiger partial charge in [-0.2, -0.15) is 0 Å². The van der Waals surface area contributed by atoms with Crippen LogP contribution in [0, 0.1) is 31.3 Å². The molecule has 0 amide bonds. The van der Waals surface area contributed by atoms with Gasteiger partial charge in [-0.15, -0.1) is 39.5 Å². The van der Waals surface area contributed by atoms with Crippen LogP contribution in [0.4, 0.5) is 0 Å². The van der Waals surface area contributed by atoms with Crippen molar-refractivity contribution in [2.45, 2.75) is 61.2 Å². The minimum atomic E-state index is -1.51. The van der Waals surface area contributed by atoms with Crippen molar-refractivity contribution in [2.75, 3.05) is 0 Å². The van der Waals surface area contributed by atoms with Crippen molar-refractivity contribution in [2.24, 2.45) is 0 Å². The Morgan fingerprint density at radius 3 is 1.07 bits per heavy atom. The fourth-order valence-corrected chi connectivity index (χ4v) is 16.1. The first kappa shape index (κ1) is 34.2. The SMILES string of the molecule is C=CC[Si](CC=C)(CC=C)CCc1ccc(P([C]2[CH][CH][CH][CH]2)c2ccc(CC[Si](CC=C)(CC=C)CC=C)cc2)cc1. The highest BCUT2D eigenvalue weighted by Gasteiger charge is 2.31. The summed E-state index contributed by atoms with van der Waals surface area (Å²) in [6.45, 7) is 24.3. The highest BCUT2D eigenvalue weighted by molar-refractivity contribution is 7.76. The maximum Gasteiger partial charge on any atom is 0.0651 e. The Hall–Kier alpha value is -2.26. The summed E-state index contributed by atoms with van der Waals surface area (Å²) < 4.78 is 0. The van der Waals surface area contributed by atoms with E-state index >= 15 is 0 Å². The van der Waals surface area contributed by atoms with E-state index < -0.39 is 24.1 Å². The topological polar surface area (TPSA) is 0 Å². The molecule has 2 aromatic rings. The molecule has 0 atom stereocenters. The van der Waals surface area contributed by atoms with Gasteiger partial charge in [0.1, 0.15) is 0 Å². The second kappa shape index (κ2) is 17.8. The molecule has 0 nitrogen and oxygen atoms in total. The molecule has 1 fully saturated rings. The van der Waals surface area contributed by atoms with Crippen LogP contribution < -0.4 is 10.6 Å². The lowest BCUT2D eigenvalue weighted by molar-refractivity contribution is 1.06. The summed E-state index contributed by atoms with van der Waals surface area (Å²) in [4.78, 5) is 0. The third kappa shape index (κ3) is 9.63. The van der Waals surface area contributed by atoms with Gasteiger partial charge in [0.15, 0.2) is 0 Å². The van der Waals surface area contributed by atoms with Crippen LogP contribution >= 0.6 is 7.92 Å². The Labute approximate surface area is 261 Å². The Morgan fingerprint density at radius 1 is 0.476 bits per heavy atom. The molecule has 1 aliphatic carbocycles. The predicted octanol–water partition coefficient (Wildman–Crippen LogP) is 10.6. The highest BCUT2D eigenvalue weighted by atomic mass is 31.1. The average Bonchev–Trinajstić information content (AvgIpc) is 3.52. The molecule has 0 saturated heterocycles. The summed E-state index contributed by atoms with van der Waals surface area (Å²) in [5, 5.41) is 2.82. The van der Waals surface area contributed by atoms with Crippen LogP contribution in [0.25, 0.3) is 0 Å². The Balaban J connectivity index is 1.76. The molecule has 2 aromatic carbocycles. The maximum absolute atomic E-state index is 4.06. The van der Waals surface area contributed by atoms with Crippen LogP contribution in [-0.2, 0) is 12.8 Å². The zero-order chi connectivity index (χ0) is 30.3. The molecular formula is C39H50PSi2. The first-order chi connectivity index (χ1) is 20.5. The van der Waals surface area contributed by atoms with E-state index in [9.17, 15) is 0 Å². The van der Waals surface area contributed by atoms with Crippen LogP contribution in [0.5, 0.6) is 0 Å². The van der Waals surface area contributed by atoms with Crippen molar-refractivity contribution < 1.29 is 0 Å². The standard InChI is InChI=1S/C39H50PSi2/c1-7-27-41(28-8-2,29-9-3)33-25-35-17-21-38(22-18-35)40(37-15-13-14-16-37)39-23-19-36(20-24-39)26-34-42(30-10-4,31-11-5)32-12-6/h7-24H,1-6,25-34H2. The van der Waals surface area contributed by atoms with E-state index in [0.717, 1.165) is 49.1 Å². The number of allylic oxidation sites excluding steroid dienone is 6. The summed E-state index contributed by atoms with van der Waals surface area (Å²) in [6, 6.07) is 28.2. The van der Waals surface area contributed by atoms with Gasteiger partial charge in [0.25, 0.3) is 0 Å². The van der Waals surface area contributed by atoms with Gasteiger partial charge < -0.3 is 0 Å². The number of hydrogen-bond donors (Lipinski definition) is 0. The molecule has 0 unspecified atom stereocenters. The molecule has 219 valence electrons. The zero-order valence-corrected chi connectivity index (χ0v) is 28.5. The van der Waals surface area contributed by atoms with Crippen molar-refractivity contribution in [3.05, 3.63) is 167 Å². The highest BCUT2D eigenvalue weighted by Crippen LogP contribution is 2.51. The van der Waals surface area contributed by atoms with Gasteiger partial charge in [-0.3, -0.25) is 0 Å². The van der Waals surface area contributed by atoms with Crippen LogP contribution in [-0.4, -0.2) is 16.1 Å². The van der Waals surface area contributed by atoms with Crippen LogP contribution in [0.3, 0.4) is 0 Å². The smallest absolute Gasteiger partial charge is 0.0651 e. The molecule has 0 aromatic heterocycles. The monoisotopic (exact) mass is 605 g/mol. The molecule has 0 aliphatic heterocycles. The molecule has 0 N–H and O–H groups in total. The minimum Gasteiger partial charge on any atom is -0.103 e. The van der Waals surface area contributed by atoms with Gasteiger partial charge in [0.05, 0.1) is 16.1 Å². The molecule has 1 saturated carbocycles. The molecule has 1 aliphatic rings. The molecular weight excluding hydrogens is 556 g/mol. The van der Waals surface area contributed by atoms with Crippen molar-refractivity contribution in [1.82, 2.24) is 0 Å². The maximum atomic E-state index is 4.06. The zero-order valence-electron chi connectivity index (χ0n) is 25.7. The number of aryl methyl sites for hydroxylation is 2. The lowest BCUT2D eigenvalue weighted by Crippen LogP contribution is -2.32. The van der Waals surface area contributed by atoms with E-state index in [4.69, 9.17) is 0 Å². The normalized spacial score (nSPS) is 14.0. The fourth-order valence-electron chi connectivity index (χ4n) is 6.35. The largest absolute Gasteiger partial charge is 0.103 e. The molecule has 0 bridgehead atoms. The summed E-state index contributed by atoms with van der Waals surface area (Å²) in [5.74, 6) is 0. The van der Waals surface area contributed by atoms with Crippen LogP contribution in [0.15, 0.2) is 124 Å². The Kier molecular flexibility index (Phi) is 14.5. The van der Waals surface area contributed by atoms with Gasteiger partial charge in [-0.25, -0.2) is 0 Å². The third-order valence-electron chi connectivity index (χ3n) is 8.64. The molecule has 0 spiro atoms. The van der Waals surface area contributed by atoms with Crippen molar-refractivity contribution in [3.8, 4) is 0 Å². The predicted molar refractivity (Wildman–Crippen MR) is 198 cm³/mol. The lowest BCUT2D eigenvalue weighted by Gasteiger charge is -2.29. The van der Waals surface area contributed by atoms with Crippen molar-refractivity contribution in [1.29, 1.82) is 0 Å². The number of rotatable bonds is 21. The number of benzene rings is 2. The molecule has 42 heavy (non-hydrogen) atoms. The quantitative estimate of drug-likeness (QED) is 0.0754. The summed E-state index contributed by atoms with van der Waals surface area (Å²) in [7, 11) is -3.62. The molecule has 3 heteroatoms. The van der Waals surface area contributed by atoms with Crippen LogP contribution in [0.2, 0.25) is 48.4 Å². The van der Waals surface area contributed by atoms with Gasteiger partial charge in [0.2, 0.25) is 0 Å². The van der Waals surface area contributed by atoms with Gasteiger partial charge in [0, 0.05) is 5.66 Å².